The highest BCUT2D eigenvalue weighted by molar-refractivity contribution is 9.10. The molecule has 1 aromatic heterocycles. The Balaban J connectivity index is 2.13. The molecule has 0 aliphatic heterocycles. The second kappa shape index (κ2) is 5.91. The van der Waals surface area contributed by atoms with Crippen LogP contribution in [0.15, 0.2) is 61.0 Å². The van der Waals surface area contributed by atoms with E-state index in [1.165, 1.54) is 43.3 Å². The van der Waals surface area contributed by atoms with Gasteiger partial charge < -0.3 is 9.73 Å². The molecule has 0 saturated heterocycles. The number of nitrogens with zero attached hydrogens (tertiary/aromatic N) is 1. The van der Waals surface area contributed by atoms with Crippen molar-refractivity contribution in [3.05, 3.63) is 57.5 Å². The van der Waals surface area contributed by atoms with E-state index in [9.17, 15) is 18.0 Å². The third-order valence-electron chi connectivity index (χ3n) is 3.22. The van der Waals surface area contributed by atoms with Gasteiger partial charge in [0.1, 0.15) is 5.52 Å². The van der Waals surface area contributed by atoms with Crippen LogP contribution in [0.2, 0.25) is 0 Å². The van der Waals surface area contributed by atoms with Crippen molar-refractivity contribution in [2.75, 3.05) is 5.32 Å². The van der Waals surface area contributed by atoms with Crippen LogP contribution >= 0.6 is 15.9 Å². The molecule has 0 saturated carbocycles. The van der Waals surface area contributed by atoms with Gasteiger partial charge in [0, 0.05) is 17.1 Å². The zero-order valence-electron chi connectivity index (χ0n) is 12.3. The summed E-state index contributed by atoms with van der Waals surface area (Å²) in [7, 11) is -4.13. The number of fused-ring (bicyclic) bond motifs is 1. The van der Waals surface area contributed by atoms with Gasteiger partial charge in [0.05, 0.1) is 4.90 Å². The zero-order valence-corrected chi connectivity index (χ0v) is 14.7. The number of hydrogen-bond donors (Lipinski definition) is 1. The van der Waals surface area contributed by atoms with Crippen LogP contribution in [0, 0.1) is 0 Å². The Labute approximate surface area is 145 Å². The summed E-state index contributed by atoms with van der Waals surface area (Å²) < 4.78 is 31.8. The molecule has 0 bridgehead atoms. The Morgan fingerprint density at radius 1 is 1.17 bits per heavy atom. The van der Waals surface area contributed by atoms with Gasteiger partial charge in [-0.1, -0.05) is 15.9 Å². The molecule has 0 atom stereocenters. The average molecular weight is 411 g/mol. The van der Waals surface area contributed by atoms with Crippen LogP contribution in [0.5, 0.6) is 0 Å². The number of halogens is 1. The van der Waals surface area contributed by atoms with Gasteiger partial charge in [0.2, 0.25) is 5.91 Å². The quantitative estimate of drug-likeness (QED) is 0.715. The van der Waals surface area contributed by atoms with Gasteiger partial charge in [-0.25, -0.2) is 13.2 Å². The monoisotopic (exact) mass is 410 g/mol. The van der Waals surface area contributed by atoms with Crippen molar-refractivity contribution < 1.29 is 17.6 Å². The van der Waals surface area contributed by atoms with Crippen LogP contribution in [-0.4, -0.2) is 18.3 Å². The van der Waals surface area contributed by atoms with Gasteiger partial charge in [-0.2, -0.15) is 3.97 Å². The number of rotatable bonds is 3. The molecule has 1 N–H and O–H groups in total. The summed E-state index contributed by atoms with van der Waals surface area (Å²) in [6, 6.07) is 10.1. The Morgan fingerprint density at radius 3 is 2.46 bits per heavy atom. The van der Waals surface area contributed by atoms with Crippen molar-refractivity contribution in [3.63, 3.8) is 0 Å². The lowest BCUT2D eigenvalue weighted by molar-refractivity contribution is -0.114. The Bertz CT molecular complexity index is 1100. The minimum Gasteiger partial charge on any atom is -0.407 e. The lowest BCUT2D eigenvalue weighted by Gasteiger charge is -2.06. The van der Waals surface area contributed by atoms with Gasteiger partial charge >= 0.3 is 5.76 Å². The Kier molecular flexibility index (Phi) is 4.06. The predicted octanol–water partition coefficient (Wildman–Crippen LogP) is 2.55. The summed E-state index contributed by atoms with van der Waals surface area (Å²) in [6.45, 7) is 1.35. The highest BCUT2D eigenvalue weighted by Crippen LogP contribution is 2.23. The van der Waals surface area contributed by atoms with Crippen LogP contribution in [0.25, 0.3) is 11.1 Å². The largest absolute Gasteiger partial charge is 0.434 e. The highest BCUT2D eigenvalue weighted by Gasteiger charge is 2.24. The smallest absolute Gasteiger partial charge is 0.407 e. The topological polar surface area (TPSA) is 98.4 Å². The average Bonchev–Trinajstić information content (AvgIpc) is 2.82. The number of anilines is 1. The fraction of sp³-hybridized carbons (Fsp3) is 0.0667. The zero-order chi connectivity index (χ0) is 17.5. The minimum atomic E-state index is -4.13. The van der Waals surface area contributed by atoms with Crippen LogP contribution in [0.4, 0.5) is 5.69 Å². The summed E-state index contributed by atoms with van der Waals surface area (Å²) in [4.78, 5) is 22.9. The molecule has 0 aliphatic rings. The number of aromatic nitrogens is 1. The van der Waals surface area contributed by atoms with Crippen LogP contribution < -0.4 is 11.1 Å². The first-order valence-corrected chi connectivity index (χ1v) is 8.97. The minimum absolute atomic E-state index is 0.0932. The van der Waals surface area contributed by atoms with Crippen molar-refractivity contribution >= 4 is 48.6 Å². The maximum Gasteiger partial charge on any atom is 0.434 e. The first-order valence-electron chi connectivity index (χ1n) is 6.73. The van der Waals surface area contributed by atoms with Gasteiger partial charge in [-0.15, -0.1) is 0 Å². The van der Waals surface area contributed by atoms with Crippen molar-refractivity contribution in [1.29, 1.82) is 0 Å². The van der Waals surface area contributed by atoms with E-state index in [1.807, 2.05) is 0 Å². The van der Waals surface area contributed by atoms with Crippen molar-refractivity contribution in [1.82, 2.24) is 3.97 Å². The molecule has 0 aliphatic carbocycles. The normalized spacial score (nSPS) is 11.6. The van der Waals surface area contributed by atoms with Crippen molar-refractivity contribution in [3.8, 4) is 0 Å². The number of amides is 1. The number of carbonyl (C=O) groups is 1. The molecule has 0 unspecified atom stereocenters. The number of hydrogen-bond acceptors (Lipinski definition) is 5. The first kappa shape index (κ1) is 16.5. The molecule has 2 aromatic carbocycles. The van der Waals surface area contributed by atoms with Crippen LogP contribution in [-0.2, 0) is 14.8 Å². The molecule has 3 rings (SSSR count). The van der Waals surface area contributed by atoms with E-state index in [0.29, 0.717) is 14.1 Å². The number of carbonyl (C=O) groups excluding carboxylic acids is 1. The molecule has 7 nitrogen and oxygen atoms in total. The lowest BCUT2D eigenvalue weighted by Crippen LogP contribution is -2.23. The van der Waals surface area contributed by atoms with Crippen LogP contribution in [0.1, 0.15) is 6.92 Å². The molecule has 1 amide bonds. The molecule has 0 spiro atoms. The number of nitrogens with one attached hydrogen (secondary N) is 1. The van der Waals surface area contributed by atoms with Gasteiger partial charge in [0.15, 0.2) is 5.58 Å². The molecular formula is C15H11BrN2O5S. The second-order valence-corrected chi connectivity index (χ2v) is 7.66. The number of benzene rings is 2. The maximum atomic E-state index is 12.8. The van der Waals surface area contributed by atoms with Crippen LogP contribution in [0.3, 0.4) is 0 Å². The standard InChI is InChI=1S/C15H11BrN2O5S/c1-9(19)17-11-3-5-12(6-4-11)24(21,22)18-13-7-2-10(16)8-14(13)23-15(18)20/h2-8H,1H3,(H,17,19). The molecule has 0 radical (unpaired) electrons. The number of oxazole rings is 1. The van der Waals surface area contributed by atoms with E-state index in [4.69, 9.17) is 4.42 Å². The third kappa shape index (κ3) is 2.87. The summed E-state index contributed by atoms with van der Waals surface area (Å²) >= 11 is 3.23. The van der Waals surface area contributed by atoms with Crippen molar-refractivity contribution in [2.45, 2.75) is 11.8 Å². The lowest BCUT2D eigenvalue weighted by atomic mass is 10.3. The summed E-state index contributed by atoms with van der Waals surface area (Å²) in [5.41, 5.74) is 0.761. The van der Waals surface area contributed by atoms with Gasteiger partial charge in [0.25, 0.3) is 10.0 Å². The molecule has 9 heteroatoms. The first-order chi connectivity index (χ1) is 11.3. The molecular weight excluding hydrogens is 400 g/mol. The molecule has 24 heavy (non-hydrogen) atoms. The summed E-state index contributed by atoms with van der Waals surface area (Å²) in [5.74, 6) is -1.26. The van der Waals surface area contributed by atoms with Gasteiger partial charge in [-0.05, 0) is 42.5 Å². The molecule has 0 fully saturated rings. The van der Waals surface area contributed by atoms with E-state index in [-0.39, 0.29) is 21.9 Å². The fourth-order valence-corrected chi connectivity index (χ4v) is 3.89. The van der Waals surface area contributed by atoms with Crippen molar-refractivity contribution in [2.24, 2.45) is 0 Å². The van der Waals surface area contributed by atoms with E-state index in [1.54, 1.807) is 6.07 Å². The molecule has 3 aromatic rings. The SMILES string of the molecule is CC(=O)Nc1ccc(S(=O)(=O)n2c(=O)oc3cc(Br)ccc32)cc1. The Morgan fingerprint density at radius 2 is 1.83 bits per heavy atom. The maximum absolute atomic E-state index is 12.8. The fourth-order valence-electron chi connectivity index (χ4n) is 2.22. The predicted molar refractivity (Wildman–Crippen MR) is 91.5 cm³/mol. The van der Waals surface area contributed by atoms with E-state index < -0.39 is 15.8 Å². The van der Waals surface area contributed by atoms with E-state index >= 15 is 0 Å². The summed E-state index contributed by atoms with van der Waals surface area (Å²) in [5, 5.41) is 2.54. The van der Waals surface area contributed by atoms with E-state index in [0.717, 1.165) is 0 Å². The Hall–Kier alpha value is -2.39. The highest BCUT2D eigenvalue weighted by atomic mass is 79.9. The van der Waals surface area contributed by atoms with E-state index in [2.05, 4.69) is 21.2 Å². The third-order valence-corrected chi connectivity index (χ3v) is 5.40. The molecule has 124 valence electrons. The van der Waals surface area contributed by atoms with Gasteiger partial charge in [-0.3, -0.25) is 4.79 Å². The summed E-state index contributed by atoms with van der Waals surface area (Å²) in [6.07, 6.45) is 0. The second-order valence-electron chi connectivity index (χ2n) is 4.96. The molecule has 1 heterocycles.